The molecule has 4 atom stereocenters. The van der Waals surface area contributed by atoms with Gasteiger partial charge < -0.3 is 0 Å². The fraction of sp³-hybridized carbons (Fsp3) is 0.857. The summed E-state index contributed by atoms with van der Waals surface area (Å²) in [4.78, 5) is 0. The van der Waals surface area contributed by atoms with Crippen LogP contribution < -0.4 is 0 Å². The Morgan fingerprint density at radius 1 is 1.21 bits per heavy atom. The summed E-state index contributed by atoms with van der Waals surface area (Å²) in [5.41, 5.74) is 2.99. The molecule has 0 aromatic carbocycles. The Kier molecular flexibility index (Phi) is 1.47. The molecule has 2 saturated carbocycles. The molecular weight excluding hydrogens is 168 g/mol. The normalized spacial score (nSPS) is 53.4. The molecule has 0 nitrogen and oxygen atoms in total. The fourth-order valence-corrected chi connectivity index (χ4v) is 4.46. The first kappa shape index (κ1) is 9.00. The average Bonchev–Trinajstić information content (AvgIpc) is 2.66. The lowest BCUT2D eigenvalue weighted by molar-refractivity contribution is 0.247. The van der Waals surface area contributed by atoms with Crippen LogP contribution in [0.4, 0.5) is 0 Å². The van der Waals surface area contributed by atoms with Gasteiger partial charge in [0.2, 0.25) is 0 Å². The third-order valence-corrected chi connectivity index (χ3v) is 5.37. The summed E-state index contributed by atoms with van der Waals surface area (Å²) in [6, 6.07) is 0. The molecule has 2 fully saturated rings. The van der Waals surface area contributed by atoms with Crippen LogP contribution in [0.1, 0.15) is 47.0 Å². The molecule has 3 aliphatic rings. The SMILES string of the molecule is C[C@@H]1CC[C@H]2C1=CC(C)(C)[C@H]1C[C@]12C. The second-order valence-corrected chi connectivity index (χ2v) is 6.76. The van der Waals surface area contributed by atoms with Crippen LogP contribution >= 0.6 is 0 Å². The van der Waals surface area contributed by atoms with E-state index in [2.05, 4.69) is 33.8 Å². The maximum Gasteiger partial charge on any atom is -0.0138 e. The Labute approximate surface area is 87.8 Å². The van der Waals surface area contributed by atoms with Crippen molar-refractivity contribution in [3.8, 4) is 0 Å². The predicted molar refractivity (Wildman–Crippen MR) is 60.0 cm³/mol. The highest BCUT2D eigenvalue weighted by Gasteiger charge is 2.64. The Bertz CT molecular complexity index is 310. The predicted octanol–water partition coefficient (Wildman–Crippen LogP) is 4.02. The van der Waals surface area contributed by atoms with Crippen molar-refractivity contribution in [1.29, 1.82) is 0 Å². The Morgan fingerprint density at radius 2 is 1.93 bits per heavy atom. The zero-order valence-electron chi connectivity index (χ0n) is 9.93. The summed E-state index contributed by atoms with van der Waals surface area (Å²) in [6.45, 7) is 9.84. The summed E-state index contributed by atoms with van der Waals surface area (Å²) < 4.78 is 0. The van der Waals surface area contributed by atoms with Crippen molar-refractivity contribution in [3.05, 3.63) is 11.6 Å². The van der Waals surface area contributed by atoms with Crippen molar-refractivity contribution in [3.63, 3.8) is 0 Å². The van der Waals surface area contributed by atoms with Crippen LogP contribution in [-0.4, -0.2) is 0 Å². The van der Waals surface area contributed by atoms with E-state index in [-0.39, 0.29) is 0 Å². The molecule has 3 aliphatic carbocycles. The van der Waals surface area contributed by atoms with Crippen molar-refractivity contribution < 1.29 is 0 Å². The molecule has 0 radical (unpaired) electrons. The van der Waals surface area contributed by atoms with E-state index in [4.69, 9.17) is 0 Å². The van der Waals surface area contributed by atoms with Crippen LogP contribution in [0.5, 0.6) is 0 Å². The van der Waals surface area contributed by atoms with Crippen LogP contribution in [-0.2, 0) is 0 Å². The number of hydrogen-bond donors (Lipinski definition) is 0. The number of fused-ring (bicyclic) bond motifs is 3. The minimum absolute atomic E-state index is 0.485. The second-order valence-electron chi connectivity index (χ2n) is 6.76. The molecule has 0 saturated heterocycles. The molecule has 78 valence electrons. The Hall–Kier alpha value is -0.260. The van der Waals surface area contributed by atoms with Crippen molar-refractivity contribution >= 4 is 0 Å². The smallest absolute Gasteiger partial charge is 0.0138 e. The van der Waals surface area contributed by atoms with E-state index in [0.29, 0.717) is 10.8 Å². The van der Waals surface area contributed by atoms with Crippen LogP contribution in [0.25, 0.3) is 0 Å². The maximum atomic E-state index is 2.63. The second kappa shape index (κ2) is 2.28. The highest BCUT2D eigenvalue weighted by molar-refractivity contribution is 5.32. The monoisotopic (exact) mass is 190 g/mol. The van der Waals surface area contributed by atoms with Gasteiger partial charge in [0.05, 0.1) is 0 Å². The van der Waals surface area contributed by atoms with Crippen LogP contribution in [0.2, 0.25) is 0 Å². The van der Waals surface area contributed by atoms with E-state index >= 15 is 0 Å². The molecule has 3 rings (SSSR count). The van der Waals surface area contributed by atoms with Gasteiger partial charge in [-0.1, -0.05) is 39.3 Å². The number of hydrogen-bond acceptors (Lipinski definition) is 0. The lowest BCUT2D eigenvalue weighted by Crippen LogP contribution is -2.27. The minimum atomic E-state index is 0.485. The van der Waals surface area contributed by atoms with Gasteiger partial charge in [0.15, 0.2) is 0 Å². The zero-order chi connectivity index (χ0) is 10.1. The average molecular weight is 190 g/mol. The van der Waals surface area contributed by atoms with E-state index in [1.165, 1.54) is 19.3 Å². The van der Waals surface area contributed by atoms with E-state index in [1.54, 1.807) is 0 Å². The number of rotatable bonds is 0. The van der Waals surface area contributed by atoms with Gasteiger partial charge in [-0.2, -0.15) is 0 Å². The fourth-order valence-electron chi connectivity index (χ4n) is 4.46. The molecule has 0 heteroatoms. The lowest BCUT2D eigenvalue weighted by Gasteiger charge is -2.36. The van der Waals surface area contributed by atoms with Gasteiger partial charge in [0.1, 0.15) is 0 Å². The molecule has 14 heavy (non-hydrogen) atoms. The summed E-state index contributed by atoms with van der Waals surface area (Å²) in [7, 11) is 0. The molecule has 0 unspecified atom stereocenters. The van der Waals surface area contributed by atoms with Gasteiger partial charge in [0, 0.05) is 0 Å². The Balaban J connectivity index is 2.07. The standard InChI is InChI=1S/C14H22/c1-9-5-6-11-10(9)7-13(2,3)12-8-14(11,12)4/h7,9,11-12H,5-6,8H2,1-4H3/t9-,11+,12-,14+/m1/s1. The highest BCUT2D eigenvalue weighted by Crippen LogP contribution is 2.72. The van der Waals surface area contributed by atoms with E-state index in [1.807, 2.05) is 5.57 Å². The van der Waals surface area contributed by atoms with Gasteiger partial charge in [-0.25, -0.2) is 0 Å². The molecule has 0 amide bonds. The highest BCUT2D eigenvalue weighted by atomic mass is 14.7. The van der Waals surface area contributed by atoms with Gasteiger partial charge in [-0.3, -0.25) is 0 Å². The Morgan fingerprint density at radius 3 is 2.64 bits per heavy atom. The third-order valence-electron chi connectivity index (χ3n) is 5.37. The first-order valence-corrected chi connectivity index (χ1v) is 6.18. The van der Waals surface area contributed by atoms with Gasteiger partial charge >= 0.3 is 0 Å². The van der Waals surface area contributed by atoms with E-state index in [0.717, 1.165) is 17.8 Å². The van der Waals surface area contributed by atoms with Gasteiger partial charge in [-0.15, -0.1) is 0 Å². The lowest BCUT2D eigenvalue weighted by atomic mass is 9.69. The largest absolute Gasteiger partial charge is 0.0788 e. The van der Waals surface area contributed by atoms with Crippen molar-refractivity contribution in [2.75, 3.05) is 0 Å². The molecule has 0 aliphatic heterocycles. The van der Waals surface area contributed by atoms with Gasteiger partial charge in [0.25, 0.3) is 0 Å². The minimum Gasteiger partial charge on any atom is -0.0788 e. The van der Waals surface area contributed by atoms with E-state index in [9.17, 15) is 0 Å². The van der Waals surface area contributed by atoms with Crippen LogP contribution in [0.15, 0.2) is 11.6 Å². The summed E-state index contributed by atoms with van der Waals surface area (Å²) >= 11 is 0. The summed E-state index contributed by atoms with van der Waals surface area (Å²) in [5.74, 6) is 2.81. The molecular formula is C14H22. The third kappa shape index (κ3) is 0.902. The van der Waals surface area contributed by atoms with E-state index < -0.39 is 0 Å². The molecule has 0 aromatic heterocycles. The summed E-state index contributed by atoms with van der Waals surface area (Å²) in [5, 5.41) is 0. The quantitative estimate of drug-likeness (QED) is 0.506. The maximum absolute atomic E-state index is 2.63. The molecule has 0 bridgehead atoms. The van der Waals surface area contributed by atoms with Crippen molar-refractivity contribution in [1.82, 2.24) is 0 Å². The molecule has 0 heterocycles. The molecule has 0 N–H and O–H groups in total. The van der Waals surface area contributed by atoms with Crippen LogP contribution in [0, 0.1) is 28.6 Å². The summed E-state index contributed by atoms with van der Waals surface area (Å²) in [6.07, 6.45) is 7.02. The first-order chi connectivity index (χ1) is 6.45. The van der Waals surface area contributed by atoms with Gasteiger partial charge in [-0.05, 0) is 47.8 Å². The first-order valence-electron chi connectivity index (χ1n) is 6.18. The van der Waals surface area contributed by atoms with Crippen LogP contribution in [0.3, 0.4) is 0 Å². The topological polar surface area (TPSA) is 0 Å². The molecule has 0 spiro atoms. The van der Waals surface area contributed by atoms with Crippen molar-refractivity contribution in [2.45, 2.75) is 47.0 Å². The number of allylic oxidation sites excluding steroid dienone is 2. The zero-order valence-corrected chi connectivity index (χ0v) is 9.93. The van der Waals surface area contributed by atoms with Crippen molar-refractivity contribution in [2.24, 2.45) is 28.6 Å². The molecule has 0 aromatic rings.